The smallest absolute Gasteiger partial charge is 0.0991 e. The molecular formula is C12H14N2O. The summed E-state index contributed by atoms with van der Waals surface area (Å²) < 4.78 is 5.49. The predicted molar refractivity (Wildman–Crippen MR) is 57.3 cm³/mol. The zero-order chi connectivity index (χ0) is 10.5. The fraction of sp³-hybridized carbons (Fsp3) is 0.417. The molecule has 1 aromatic rings. The van der Waals surface area contributed by atoms with Crippen LogP contribution in [0.1, 0.15) is 23.6 Å². The zero-order valence-corrected chi connectivity index (χ0v) is 8.57. The van der Waals surface area contributed by atoms with Crippen molar-refractivity contribution >= 4 is 0 Å². The van der Waals surface area contributed by atoms with Gasteiger partial charge < -0.3 is 10.1 Å². The van der Waals surface area contributed by atoms with Gasteiger partial charge in [-0.1, -0.05) is 12.1 Å². The Kier molecular flexibility index (Phi) is 3.33. The average molecular weight is 202 g/mol. The van der Waals surface area contributed by atoms with Crippen LogP contribution in [0.15, 0.2) is 24.3 Å². The highest BCUT2D eigenvalue weighted by Crippen LogP contribution is 2.16. The van der Waals surface area contributed by atoms with Crippen LogP contribution in [-0.2, 0) is 4.74 Å². The summed E-state index contributed by atoms with van der Waals surface area (Å²) in [6, 6.07) is 10.1. The largest absolute Gasteiger partial charge is 0.379 e. The Balaban J connectivity index is 2.16. The first-order valence-electron chi connectivity index (χ1n) is 5.21. The third-order valence-electron chi connectivity index (χ3n) is 2.56. The quantitative estimate of drug-likeness (QED) is 0.752. The molecule has 0 aromatic heterocycles. The first kappa shape index (κ1) is 10.2. The molecule has 1 fully saturated rings. The summed E-state index contributed by atoms with van der Waals surface area (Å²) in [4.78, 5) is 0. The lowest BCUT2D eigenvalue weighted by molar-refractivity contribution is 0.131. The van der Waals surface area contributed by atoms with Gasteiger partial charge in [-0.3, -0.25) is 0 Å². The van der Waals surface area contributed by atoms with Crippen LogP contribution in [0.25, 0.3) is 0 Å². The lowest BCUT2D eigenvalue weighted by Gasteiger charge is -2.15. The standard InChI is InChI=1S/C12H14N2O/c13-8-10-3-1-4-11(7-10)12-9-15-6-2-5-14-12/h1,3-4,7,12,14H,2,5-6,9H2. The third kappa shape index (κ3) is 2.56. The Bertz CT molecular complexity index is 362. The van der Waals surface area contributed by atoms with Gasteiger partial charge in [0.15, 0.2) is 0 Å². The molecule has 0 bridgehead atoms. The van der Waals surface area contributed by atoms with E-state index in [2.05, 4.69) is 11.4 Å². The van der Waals surface area contributed by atoms with Gasteiger partial charge in [-0.2, -0.15) is 5.26 Å². The van der Waals surface area contributed by atoms with E-state index >= 15 is 0 Å². The number of nitrogens with zero attached hydrogens (tertiary/aromatic N) is 1. The van der Waals surface area contributed by atoms with Crippen molar-refractivity contribution in [3.63, 3.8) is 0 Å². The van der Waals surface area contributed by atoms with Gasteiger partial charge in [0.1, 0.15) is 0 Å². The van der Waals surface area contributed by atoms with Gasteiger partial charge in [-0.05, 0) is 30.7 Å². The summed E-state index contributed by atoms with van der Waals surface area (Å²) in [6.45, 7) is 2.48. The van der Waals surface area contributed by atoms with Crippen molar-refractivity contribution in [1.29, 1.82) is 5.26 Å². The minimum absolute atomic E-state index is 0.223. The van der Waals surface area contributed by atoms with E-state index < -0.39 is 0 Å². The Labute approximate surface area is 89.7 Å². The predicted octanol–water partition coefficient (Wildman–Crippen LogP) is 1.61. The number of benzene rings is 1. The monoisotopic (exact) mass is 202 g/mol. The normalized spacial score (nSPS) is 21.7. The molecule has 0 spiro atoms. The van der Waals surface area contributed by atoms with Gasteiger partial charge in [0.05, 0.1) is 24.3 Å². The highest BCUT2D eigenvalue weighted by Gasteiger charge is 2.13. The molecular weight excluding hydrogens is 188 g/mol. The zero-order valence-electron chi connectivity index (χ0n) is 8.57. The summed E-state index contributed by atoms with van der Waals surface area (Å²) in [5.41, 5.74) is 1.84. The van der Waals surface area contributed by atoms with E-state index in [1.807, 2.05) is 24.3 Å². The molecule has 1 heterocycles. The number of hydrogen-bond donors (Lipinski definition) is 1. The number of ether oxygens (including phenoxy) is 1. The fourth-order valence-electron chi connectivity index (χ4n) is 1.75. The summed E-state index contributed by atoms with van der Waals surface area (Å²) in [7, 11) is 0. The number of rotatable bonds is 1. The van der Waals surface area contributed by atoms with E-state index in [0.29, 0.717) is 12.2 Å². The van der Waals surface area contributed by atoms with Crippen LogP contribution in [0, 0.1) is 11.3 Å². The second-order valence-corrected chi connectivity index (χ2v) is 3.67. The van der Waals surface area contributed by atoms with Crippen molar-refractivity contribution in [3.05, 3.63) is 35.4 Å². The maximum Gasteiger partial charge on any atom is 0.0991 e. The van der Waals surface area contributed by atoms with Crippen molar-refractivity contribution in [3.8, 4) is 6.07 Å². The Morgan fingerprint density at radius 2 is 2.40 bits per heavy atom. The molecule has 0 amide bonds. The van der Waals surface area contributed by atoms with Crippen molar-refractivity contribution in [2.75, 3.05) is 19.8 Å². The van der Waals surface area contributed by atoms with E-state index in [1.54, 1.807) is 0 Å². The highest BCUT2D eigenvalue weighted by molar-refractivity contribution is 5.34. The molecule has 1 aliphatic rings. The SMILES string of the molecule is N#Cc1cccc(C2COCCCN2)c1. The summed E-state index contributed by atoms with van der Waals surface area (Å²) in [6.07, 6.45) is 1.05. The van der Waals surface area contributed by atoms with Gasteiger partial charge in [0.25, 0.3) is 0 Å². The van der Waals surface area contributed by atoms with Crippen molar-refractivity contribution in [2.45, 2.75) is 12.5 Å². The lowest BCUT2D eigenvalue weighted by atomic mass is 10.1. The Morgan fingerprint density at radius 3 is 3.27 bits per heavy atom. The van der Waals surface area contributed by atoms with Crippen LogP contribution >= 0.6 is 0 Å². The topological polar surface area (TPSA) is 45.0 Å². The first-order chi connectivity index (χ1) is 7.40. The summed E-state index contributed by atoms with van der Waals surface area (Å²) in [5, 5.41) is 12.2. The van der Waals surface area contributed by atoms with Crippen LogP contribution in [0.3, 0.4) is 0 Å². The van der Waals surface area contributed by atoms with Gasteiger partial charge in [-0.15, -0.1) is 0 Å². The molecule has 0 saturated carbocycles. The van der Waals surface area contributed by atoms with E-state index in [1.165, 1.54) is 0 Å². The number of hydrogen-bond acceptors (Lipinski definition) is 3. The second-order valence-electron chi connectivity index (χ2n) is 3.67. The van der Waals surface area contributed by atoms with Gasteiger partial charge in [-0.25, -0.2) is 0 Å². The van der Waals surface area contributed by atoms with Gasteiger partial charge in [0, 0.05) is 6.61 Å². The molecule has 3 heteroatoms. The molecule has 1 unspecified atom stereocenters. The molecule has 0 radical (unpaired) electrons. The third-order valence-corrected chi connectivity index (χ3v) is 2.56. The molecule has 0 aliphatic carbocycles. The van der Waals surface area contributed by atoms with Crippen LogP contribution in [0.4, 0.5) is 0 Å². The van der Waals surface area contributed by atoms with E-state index in [4.69, 9.17) is 10.00 Å². The Hall–Kier alpha value is -1.37. The maximum absolute atomic E-state index is 8.81. The van der Waals surface area contributed by atoms with E-state index in [0.717, 1.165) is 25.1 Å². The highest BCUT2D eigenvalue weighted by atomic mass is 16.5. The molecule has 1 aromatic carbocycles. The van der Waals surface area contributed by atoms with Gasteiger partial charge in [0.2, 0.25) is 0 Å². The first-order valence-corrected chi connectivity index (χ1v) is 5.21. The van der Waals surface area contributed by atoms with Crippen LogP contribution in [0.5, 0.6) is 0 Å². The molecule has 3 nitrogen and oxygen atoms in total. The van der Waals surface area contributed by atoms with Gasteiger partial charge >= 0.3 is 0 Å². The number of nitrogens with one attached hydrogen (secondary N) is 1. The summed E-state index contributed by atoms with van der Waals surface area (Å²) >= 11 is 0. The Morgan fingerprint density at radius 1 is 1.47 bits per heavy atom. The van der Waals surface area contributed by atoms with Crippen molar-refractivity contribution < 1.29 is 4.74 Å². The van der Waals surface area contributed by atoms with Crippen molar-refractivity contribution in [1.82, 2.24) is 5.32 Å². The molecule has 1 aliphatic heterocycles. The van der Waals surface area contributed by atoms with Crippen LogP contribution in [-0.4, -0.2) is 19.8 Å². The minimum Gasteiger partial charge on any atom is -0.379 e. The fourth-order valence-corrected chi connectivity index (χ4v) is 1.75. The molecule has 78 valence electrons. The van der Waals surface area contributed by atoms with E-state index in [-0.39, 0.29) is 6.04 Å². The van der Waals surface area contributed by atoms with Crippen molar-refractivity contribution in [2.24, 2.45) is 0 Å². The molecule has 1 saturated heterocycles. The average Bonchev–Trinajstić information content (AvgIpc) is 2.58. The van der Waals surface area contributed by atoms with E-state index in [9.17, 15) is 0 Å². The number of nitriles is 1. The molecule has 15 heavy (non-hydrogen) atoms. The van der Waals surface area contributed by atoms with Crippen LogP contribution < -0.4 is 5.32 Å². The van der Waals surface area contributed by atoms with Crippen LogP contribution in [0.2, 0.25) is 0 Å². The maximum atomic E-state index is 8.81. The molecule has 2 rings (SSSR count). The molecule has 1 N–H and O–H groups in total. The molecule has 1 atom stereocenters. The second kappa shape index (κ2) is 4.92. The minimum atomic E-state index is 0.223. The lowest BCUT2D eigenvalue weighted by Crippen LogP contribution is -2.23. The summed E-state index contributed by atoms with van der Waals surface area (Å²) in [5.74, 6) is 0.